The van der Waals surface area contributed by atoms with Gasteiger partial charge in [-0.3, -0.25) is 0 Å². The molecule has 1 unspecified atom stereocenters. The average molecular weight is 268 g/mol. The van der Waals surface area contributed by atoms with E-state index in [-0.39, 0.29) is 5.60 Å². The lowest BCUT2D eigenvalue weighted by atomic mass is 9.68. The van der Waals surface area contributed by atoms with Crippen LogP contribution in [0.3, 0.4) is 0 Å². The van der Waals surface area contributed by atoms with Crippen molar-refractivity contribution in [2.24, 2.45) is 5.92 Å². The quantitative estimate of drug-likeness (QED) is 0.836. The lowest BCUT2D eigenvalue weighted by Crippen LogP contribution is -2.49. The third kappa shape index (κ3) is 2.70. The van der Waals surface area contributed by atoms with Gasteiger partial charge in [-0.15, -0.1) is 0 Å². The molecule has 2 aliphatic carbocycles. The Kier molecular flexibility index (Phi) is 3.89. The number of aliphatic hydroxyl groups is 1. The highest BCUT2D eigenvalue weighted by Crippen LogP contribution is 2.48. The first-order valence-electron chi connectivity index (χ1n) is 8.05. The fraction of sp³-hybridized carbons (Fsp3) is 1.00. The molecule has 1 saturated heterocycles. The van der Waals surface area contributed by atoms with Crippen LogP contribution in [0.2, 0.25) is 0 Å². The molecule has 3 rings (SSSR count). The number of ether oxygens (including phenoxy) is 2. The minimum Gasteiger partial charge on any atom is -0.390 e. The Bertz CT molecular complexity index is 301. The predicted molar refractivity (Wildman–Crippen MR) is 74.1 cm³/mol. The minimum atomic E-state index is -0.450. The van der Waals surface area contributed by atoms with Crippen LogP contribution in [0.5, 0.6) is 0 Å². The Morgan fingerprint density at radius 2 is 1.74 bits per heavy atom. The molecule has 0 radical (unpaired) electrons. The van der Waals surface area contributed by atoms with E-state index in [1.165, 1.54) is 25.7 Å². The maximum absolute atomic E-state index is 11.0. The molecule has 1 atom stereocenters. The zero-order valence-corrected chi connectivity index (χ0v) is 12.2. The molecule has 0 aromatic heterocycles. The molecule has 0 aromatic rings. The number of hydrogen-bond acceptors (Lipinski definition) is 3. The first-order chi connectivity index (χ1) is 9.16. The number of hydrogen-bond donors (Lipinski definition) is 1. The van der Waals surface area contributed by atoms with E-state index in [0.29, 0.717) is 12.0 Å². The molecular formula is C16H28O3. The number of methoxy groups -OCH3 is 1. The summed E-state index contributed by atoms with van der Waals surface area (Å²) in [4.78, 5) is 0. The summed E-state index contributed by atoms with van der Waals surface area (Å²) in [7, 11) is 1.79. The Balaban J connectivity index is 1.64. The Hall–Kier alpha value is -0.120. The van der Waals surface area contributed by atoms with Crippen molar-refractivity contribution in [3.05, 3.63) is 0 Å². The van der Waals surface area contributed by atoms with Gasteiger partial charge in [0.15, 0.2) is 0 Å². The molecule has 0 bridgehead atoms. The Labute approximate surface area is 116 Å². The van der Waals surface area contributed by atoms with Gasteiger partial charge < -0.3 is 14.6 Å². The standard InChI is InChI=1S/C16H28O3/c1-18-14-4-9-16(17,10-5-14)13-6-11-19-15(12-13)7-2-3-8-15/h13-14,17H,2-12H2,1H3. The van der Waals surface area contributed by atoms with E-state index in [4.69, 9.17) is 9.47 Å². The van der Waals surface area contributed by atoms with Crippen LogP contribution in [0.4, 0.5) is 0 Å². The van der Waals surface area contributed by atoms with Crippen LogP contribution in [0.15, 0.2) is 0 Å². The lowest BCUT2D eigenvalue weighted by molar-refractivity contribution is -0.156. The maximum Gasteiger partial charge on any atom is 0.0686 e. The van der Waals surface area contributed by atoms with Crippen molar-refractivity contribution in [3.8, 4) is 0 Å². The molecular weight excluding hydrogens is 240 g/mol. The normalized spacial score (nSPS) is 42.6. The Morgan fingerprint density at radius 1 is 1.05 bits per heavy atom. The molecule has 2 saturated carbocycles. The Morgan fingerprint density at radius 3 is 2.37 bits per heavy atom. The highest BCUT2D eigenvalue weighted by atomic mass is 16.5. The zero-order chi connectivity index (χ0) is 13.3. The fourth-order valence-corrected chi connectivity index (χ4v) is 4.59. The first kappa shape index (κ1) is 13.8. The van der Waals surface area contributed by atoms with Gasteiger partial charge in [0.05, 0.1) is 17.3 Å². The van der Waals surface area contributed by atoms with Gasteiger partial charge in [0.2, 0.25) is 0 Å². The van der Waals surface area contributed by atoms with E-state index < -0.39 is 5.60 Å². The maximum atomic E-state index is 11.0. The lowest BCUT2D eigenvalue weighted by Gasteiger charge is -2.47. The van der Waals surface area contributed by atoms with Crippen LogP contribution in [-0.2, 0) is 9.47 Å². The van der Waals surface area contributed by atoms with Crippen LogP contribution in [0, 0.1) is 5.92 Å². The molecule has 0 amide bonds. The molecule has 110 valence electrons. The van der Waals surface area contributed by atoms with Gasteiger partial charge in [-0.05, 0) is 57.3 Å². The van der Waals surface area contributed by atoms with Crippen LogP contribution in [0.25, 0.3) is 0 Å². The largest absolute Gasteiger partial charge is 0.390 e. The van der Waals surface area contributed by atoms with Crippen LogP contribution in [-0.4, -0.2) is 36.1 Å². The van der Waals surface area contributed by atoms with Gasteiger partial charge in [0.25, 0.3) is 0 Å². The molecule has 3 fully saturated rings. The second-order valence-electron chi connectivity index (χ2n) is 6.97. The summed E-state index contributed by atoms with van der Waals surface area (Å²) in [5, 5.41) is 11.0. The monoisotopic (exact) mass is 268 g/mol. The summed E-state index contributed by atoms with van der Waals surface area (Å²) in [6, 6.07) is 0. The van der Waals surface area contributed by atoms with Gasteiger partial charge in [-0.25, -0.2) is 0 Å². The van der Waals surface area contributed by atoms with Crippen LogP contribution < -0.4 is 0 Å². The molecule has 0 aromatic carbocycles. The molecule has 19 heavy (non-hydrogen) atoms. The van der Waals surface area contributed by atoms with Gasteiger partial charge in [0.1, 0.15) is 0 Å². The van der Waals surface area contributed by atoms with E-state index in [1.54, 1.807) is 7.11 Å². The summed E-state index contributed by atoms with van der Waals surface area (Å²) in [5.74, 6) is 0.442. The summed E-state index contributed by atoms with van der Waals surface area (Å²) in [5.41, 5.74) is -0.328. The minimum absolute atomic E-state index is 0.122. The molecule has 3 heteroatoms. The van der Waals surface area contributed by atoms with Crippen molar-refractivity contribution in [2.45, 2.75) is 81.5 Å². The van der Waals surface area contributed by atoms with Gasteiger partial charge in [-0.2, -0.15) is 0 Å². The molecule has 1 N–H and O–H groups in total. The number of rotatable bonds is 2. The predicted octanol–water partition coefficient (Wildman–Crippen LogP) is 3.05. The van der Waals surface area contributed by atoms with Crippen molar-refractivity contribution < 1.29 is 14.6 Å². The zero-order valence-electron chi connectivity index (χ0n) is 12.2. The van der Waals surface area contributed by atoms with E-state index in [2.05, 4.69) is 0 Å². The van der Waals surface area contributed by atoms with Crippen molar-refractivity contribution >= 4 is 0 Å². The van der Waals surface area contributed by atoms with Crippen molar-refractivity contribution in [2.75, 3.05) is 13.7 Å². The van der Waals surface area contributed by atoms with Crippen molar-refractivity contribution in [1.82, 2.24) is 0 Å². The molecule has 1 heterocycles. The first-order valence-corrected chi connectivity index (χ1v) is 8.05. The third-order valence-electron chi connectivity index (χ3n) is 5.90. The van der Waals surface area contributed by atoms with Gasteiger partial charge >= 0.3 is 0 Å². The van der Waals surface area contributed by atoms with E-state index in [1.807, 2.05) is 0 Å². The summed E-state index contributed by atoms with van der Waals surface area (Å²) < 4.78 is 11.5. The molecule has 1 aliphatic heterocycles. The third-order valence-corrected chi connectivity index (χ3v) is 5.90. The van der Waals surface area contributed by atoms with E-state index in [0.717, 1.165) is 45.1 Å². The van der Waals surface area contributed by atoms with E-state index >= 15 is 0 Å². The summed E-state index contributed by atoms with van der Waals surface area (Å²) >= 11 is 0. The fourth-order valence-electron chi connectivity index (χ4n) is 4.59. The highest BCUT2D eigenvalue weighted by molar-refractivity contribution is 4.99. The van der Waals surface area contributed by atoms with Gasteiger partial charge in [0, 0.05) is 13.7 Å². The molecule has 1 spiro atoms. The summed E-state index contributed by atoms with van der Waals surface area (Å²) in [6.45, 7) is 0.848. The second kappa shape index (κ2) is 5.34. The second-order valence-corrected chi connectivity index (χ2v) is 6.97. The molecule has 3 aliphatic rings. The van der Waals surface area contributed by atoms with E-state index in [9.17, 15) is 5.11 Å². The average Bonchev–Trinajstić information content (AvgIpc) is 2.88. The smallest absolute Gasteiger partial charge is 0.0686 e. The molecule has 3 nitrogen and oxygen atoms in total. The summed E-state index contributed by atoms with van der Waals surface area (Å²) in [6.07, 6.45) is 11.3. The van der Waals surface area contributed by atoms with Gasteiger partial charge in [-0.1, -0.05) is 12.8 Å². The van der Waals surface area contributed by atoms with Crippen LogP contribution >= 0.6 is 0 Å². The van der Waals surface area contributed by atoms with Crippen LogP contribution in [0.1, 0.15) is 64.2 Å². The topological polar surface area (TPSA) is 38.7 Å². The SMILES string of the molecule is COC1CCC(O)(C2CCOC3(CCCC3)C2)CC1. The van der Waals surface area contributed by atoms with Crippen molar-refractivity contribution in [3.63, 3.8) is 0 Å². The van der Waals surface area contributed by atoms with Crippen molar-refractivity contribution in [1.29, 1.82) is 0 Å². The highest BCUT2D eigenvalue weighted by Gasteiger charge is 2.48.